The molecule has 1 saturated carbocycles. The molecule has 0 spiro atoms. The fourth-order valence-corrected chi connectivity index (χ4v) is 2.59. The van der Waals surface area contributed by atoms with E-state index in [1.54, 1.807) is 0 Å². The van der Waals surface area contributed by atoms with Crippen LogP contribution in [0.2, 0.25) is 0 Å². The van der Waals surface area contributed by atoms with Gasteiger partial charge in [0.25, 0.3) is 0 Å². The van der Waals surface area contributed by atoms with Crippen LogP contribution in [0.3, 0.4) is 0 Å². The molecule has 1 fully saturated rings. The van der Waals surface area contributed by atoms with Gasteiger partial charge in [0.05, 0.1) is 5.69 Å². The lowest BCUT2D eigenvalue weighted by Crippen LogP contribution is -2.16. The van der Waals surface area contributed by atoms with Crippen molar-refractivity contribution in [1.29, 1.82) is 0 Å². The summed E-state index contributed by atoms with van der Waals surface area (Å²) in [6.45, 7) is 2.04. The van der Waals surface area contributed by atoms with Gasteiger partial charge in [0.1, 0.15) is 0 Å². The standard InChI is InChI=1S/C13H23N3.ClH/c1-16-10-8-13(15-16)11-14-9-4-7-12-5-2-3-6-12;/h8,10,12,14H,2-7,9,11H2,1H3;1H. The molecule has 0 aromatic carbocycles. The van der Waals surface area contributed by atoms with E-state index in [9.17, 15) is 0 Å². The molecular weight excluding hydrogens is 234 g/mol. The van der Waals surface area contributed by atoms with Gasteiger partial charge in [0.15, 0.2) is 0 Å². The monoisotopic (exact) mass is 257 g/mol. The van der Waals surface area contributed by atoms with Gasteiger partial charge in [0, 0.05) is 19.8 Å². The first-order chi connectivity index (χ1) is 7.84. The first-order valence-electron chi connectivity index (χ1n) is 6.54. The molecule has 0 amide bonds. The number of hydrogen-bond donors (Lipinski definition) is 1. The van der Waals surface area contributed by atoms with Crippen molar-refractivity contribution in [1.82, 2.24) is 15.1 Å². The largest absolute Gasteiger partial charge is 0.311 e. The molecule has 98 valence electrons. The average molecular weight is 258 g/mol. The Hall–Kier alpha value is -0.540. The van der Waals surface area contributed by atoms with Crippen LogP contribution in [0, 0.1) is 5.92 Å². The van der Waals surface area contributed by atoms with Gasteiger partial charge in [-0.3, -0.25) is 4.68 Å². The summed E-state index contributed by atoms with van der Waals surface area (Å²) in [5.41, 5.74) is 1.14. The topological polar surface area (TPSA) is 29.9 Å². The Balaban J connectivity index is 0.00000144. The third-order valence-electron chi connectivity index (χ3n) is 3.52. The number of aryl methyl sites for hydroxylation is 1. The molecule has 0 aliphatic heterocycles. The fraction of sp³-hybridized carbons (Fsp3) is 0.769. The van der Waals surface area contributed by atoms with E-state index in [4.69, 9.17) is 0 Å². The van der Waals surface area contributed by atoms with Crippen molar-refractivity contribution in [2.45, 2.75) is 45.1 Å². The first-order valence-corrected chi connectivity index (χ1v) is 6.54. The van der Waals surface area contributed by atoms with Gasteiger partial charge in [0.2, 0.25) is 0 Å². The van der Waals surface area contributed by atoms with E-state index in [2.05, 4.69) is 16.5 Å². The summed E-state index contributed by atoms with van der Waals surface area (Å²) < 4.78 is 1.86. The summed E-state index contributed by atoms with van der Waals surface area (Å²) in [7, 11) is 1.96. The van der Waals surface area contributed by atoms with E-state index >= 15 is 0 Å². The molecule has 3 nitrogen and oxygen atoms in total. The average Bonchev–Trinajstić information content (AvgIpc) is 2.89. The summed E-state index contributed by atoms with van der Waals surface area (Å²) in [5, 5.41) is 7.80. The summed E-state index contributed by atoms with van der Waals surface area (Å²) in [6, 6.07) is 2.07. The zero-order valence-electron chi connectivity index (χ0n) is 10.7. The molecule has 0 saturated heterocycles. The zero-order valence-corrected chi connectivity index (χ0v) is 11.5. The molecule has 0 bridgehead atoms. The van der Waals surface area contributed by atoms with Crippen LogP contribution >= 0.6 is 12.4 Å². The van der Waals surface area contributed by atoms with Gasteiger partial charge < -0.3 is 5.32 Å². The minimum Gasteiger partial charge on any atom is -0.311 e. The summed E-state index contributed by atoms with van der Waals surface area (Å²) in [5.74, 6) is 1.02. The van der Waals surface area contributed by atoms with Crippen LogP contribution < -0.4 is 5.32 Å². The van der Waals surface area contributed by atoms with Crippen molar-refractivity contribution < 1.29 is 0 Å². The maximum atomic E-state index is 4.34. The molecule has 1 aliphatic rings. The predicted octanol–water partition coefficient (Wildman–Crippen LogP) is 2.90. The zero-order chi connectivity index (χ0) is 11.2. The minimum atomic E-state index is 0. The Morgan fingerprint density at radius 1 is 1.41 bits per heavy atom. The molecule has 1 aliphatic carbocycles. The Kier molecular flexibility index (Phi) is 6.60. The van der Waals surface area contributed by atoms with Crippen molar-refractivity contribution in [3.63, 3.8) is 0 Å². The van der Waals surface area contributed by atoms with Gasteiger partial charge in [-0.15, -0.1) is 12.4 Å². The molecule has 4 heteroatoms. The highest BCUT2D eigenvalue weighted by atomic mass is 35.5. The summed E-state index contributed by atoms with van der Waals surface area (Å²) in [6.07, 6.45) is 10.6. The van der Waals surface area contributed by atoms with Crippen molar-refractivity contribution in [2.24, 2.45) is 13.0 Å². The van der Waals surface area contributed by atoms with Crippen LogP contribution in [-0.4, -0.2) is 16.3 Å². The Morgan fingerprint density at radius 3 is 2.82 bits per heavy atom. The van der Waals surface area contributed by atoms with Gasteiger partial charge in [-0.2, -0.15) is 5.10 Å². The van der Waals surface area contributed by atoms with Crippen LogP contribution in [-0.2, 0) is 13.6 Å². The van der Waals surface area contributed by atoms with Gasteiger partial charge >= 0.3 is 0 Å². The lowest BCUT2D eigenvalue weighted by atomic mass is 10.0. The van der Waals surface area contributed by atoms with Gasteiger partial charge in [-0.05, 0) is 31.4 Å². The summed E-state index contributed by atoms with van der Waals surface area (Å²) >= 11 is 0. The maximum Gasteiger partial charge on any atom is 0.0762 e. The van der Waals surface area contributed by atoms with Gasteiger partial charge in [-0.1, -0.05) is 25.7 Å². The first kappa shape index (κ1) is 14.5. The molecular formula is C13H24ClN3. The van der Waals surface area contributed by atoms with Crippen LogP contribution in [0.5, 0.6) is 0 Å². The second kappa shape index (κ2) is 7.72. The maximum absolute atomic E-state index is 4.34. The number of nitrogens with one attached hydrogen (secondary N) is 1. The normalized spacial score (nSPS) is 16.1. The van der Waals surface area contributed by atoms with Crippen molar-refractivity contribution in [3.8, 4) is 0 Å². The molecule has 2 rings (SSSR count). The molecule has 1 aromatic rings. The molecule has 0 unspecified atom stereocenters. The smallest absolute Gasteiger partial charge is 0.0762 e. The molecule has 0 atom stereocenters. The van der Waals surface area contributed by atoms with Crippen LogP contribution in [0.25, 0.3) is 0 Å². The van der Waals surface area contributed by atoms with E-state index in [-0.39, 0.29) is 12.4 Å². The second-order valence-electron chi connectivity index (χ2n) is 4.95. The lowest BCUT2D eigenvalue weighted by molar-refractivity contribution is 0.469. The number of rotatable bonds is 6. The number of aromatic nitrogens is 2. The van der Waals surface area contributed by atoms with Crippen LogP contribution in [0.4, 0.5) is 0 Å². The van der Waals surface area contributed by atoms with E-state index in [0.717, 1.165) is 24.7 Å². The van der Waals surface area contributed by atoms with Crippen LogP contribution in [0.15, 0.2) is 12.3 Å². The Morgan fingerprint density at radius 2 is 2.18 bits per heavy atom. The highest BCUT2D eigenvalue weighted by molar-refractivity contribution is 5.85. The third-order valence-corrected chi connectivity index (χ3v) is 3.52. The number of hydrogen-bond acceptors (Lipinski definition) is 2. The molecule has 1 aromatic heterocycles. The number of nitrogens with zero attached hydrogens (tertiary/aromatic N) is 2. The summed E-state index contributed by atoms with van der Waals surface area (Å²) in [4.78, 5) is 0. The van der Waals surface area contributed by atoms with Crippen molar-refractivity contribution in [3.05, 3.63) is 18.0 Å². The number of halogens is 1. The molecule has 0 radical (unpaired) electrons. The Labute approximate surface area is 110 Å². The third kappa shape index (κ3) is 5.09. The molecule has 1 N–H and O–H groups in total. The van der Waals surface area contributed by atoms with Crippen molar-refractivity contribution in [2.75, 3.05) is 6.54 Å². The van der Waals surface area contributed by atoms with E-state index in [1.807, 2.05) is 17.9 Å². The SMILES string of the molecule is Cl.Cn1ccc(CNCCCC2CCCC2)n1. The lowest BCUT2D eigenvalue weighted by Gasteiger charge is -2.08. The van der Waals surface area contributed by atoms with Crippen LogP contribution in [0.1, 0.15) is 44.2 Å². The highest BCUT2D eigenvalue weighted by Crippen LogP contribution is 2.28. The molecule has 17 heavy (non-hydrogen) atoms. The van der Waals surface area contributed by atoms with E-state index in [1.165, 1.54) is 38.5 Å². The van der Waals surface area contributed by atoms with Gasteiger partial charge in [-0.25, -0.2) is 0 Å². The molecule has 1 heterocycles. The fourth-order valence-electron chi connectivity index (χ4n) is 2.59. The predicted molar refractivity (Wildman–Crippen MR) is 73.4 cm³/mol. The highest BCUT2D eigenvalue weighted by Gasteiger charge is 2.13. The second-order valence-corrected chi connectivity index (χ2v) is 4.95. The Bertz CT molecular complexity index is 305. The van der Waals surface area contributed by atoms with E-state index < -0.39 is 0 Å². The quantitative estimate of drug-likeness (QED) is 0.795. The minimum absolute atomic E-state index is 0. The van der Waals surface area contributed by atoms with E-state index in [0.29, 0.717) is 0 Å². The van der Waals surface area contributed by atoms with Crippen molar-refractivity contribution >= 4 is 12.4 Å².